The summed E-state index contributed by atoms with van der Waals surface area (Å²) in [5, 5.41) is 0. The molecule has 2 aliphatic rings. The zero-order chi connectivity index (χ0) is 21.2. The van der Waals surface area contributed by atoms with Crippen LogP contribution in [0.1, 0.15) is 53.5 Å². The standard InChI is InChI=1S/C28H37N/c1-19(2)23-16-17-24(26(20(3)4)27(23)29)25(21-12-8-7-9-13-21)18-28(5,6)22-14-10-11-15-22/h7-17,19-20,22,26H,18,29H2,1-6H3. The van der Waals surface area contributed by atoms with Gasteiger partial charge >= 0.3 is 0 Å². The van der Waals surface area contributed by atoms with E-state index in [1.165, 1.54) is 22.3 Å². The smallest absolute Gasteiger partial charge is 0.0264 e. The largest absolute Gasteiger partial charge is 0.401 e. The molecule has 1 atom stereocenters. The van der Waals surface area contributed by atoms with Crippen LogP contribution < -0.4 is 5.73 Å². The maximum absolute atomic E-state index is 6.79. The summed E-state index contributed by atoms with van der Waals surface area (Å²) >= 11 is 0. The summed E-state index contributed by atoms with van der Waals surface area (Å²) < 4.78 is 0. The minimum absolute atomic E-state index is 0.133. The van der Waals surface area contributed by atoms with Gasteiger partial charge in [-0.3, -0.25) is 0 Å². The van der Waals surface area contributed by atoms with Crippen LogP contribution in [0.5, 0.6) is 0 Å². The van der Waals surface area contributed by atoms with E-state index in [9.17, 15) is 0 Å². The third-order valence-electron chi connectivity index (χ3n) is 6.49. The molecule has 0 aromatic heterocycles. The molecule has 0 amide bonds. The second kappa shape index (κ2) is 8.61. The van der Waals surface area contributed by atoms with Crippen LogP contribution in [0.15, 0.2) is 83.6 Å². The molecule has 0 heterocycles. The topological polar surface area (TPSA) is 26.0 Å². The van der Waals surface area contributed by atoms with Gasteiger partial charge in [0.25, 0.3) is 0 Å². The predicted molar refractivity (Wildman–Crippen MR) is 127 cm³/mol. The van der Waals surface area contributed by atoms with Crippen molar-refractivity contribution in [2.75, 3.05) is 0 Å². The summed E-state index contributed by atoms with van der Waals surface area (Å²) in [6.45, 7) is 13.8. The minimum Gasteiger partial charge on any atom is -0.401 e. The molecule has 0 saturated carbocycles. The molecule has 1 heteroatoms. The maximum Gasteiger partial charge on any atom is 0.0264 e. The van der Waals surface area contributed by atoms with Crippen LogP contribution in [-0.4, -0.2) is 0 Å². The average Bonchev–Trinajstić information content (AvgIpc) is 3.22. The van der Waals surface area contributed by atoms with Crippen molar-refractivity contribution in [2.45, 2.75) is 48.0 Å². The van der Waals surface area contributed by atoms with Gasteiger partial charge in [0.1, 0.15) is 0 Å². The predicted octanol–water partition coefficient (Wildman–Crippen LogP) is 7.31. The fourth-order valence-electron chi connectivity index (χ4n) is 4.80. The van der Waals surface area contributed by atoms with Gasteiger partial charge < -0.3 is 5.73 Å². The van der Waals surface area contributed by atoms with Crippen molar-refractivity contribution in [1.82, 2.24) is 0 Å². The Hall–Kier alpha value is -2.28. The van der Waals surface area contributed by atoms with Crippen LogP contribution in [0.2, 0.25) is 0 Å². The van der Waals surface area contributed by atoms with E-state index in [0.717, 1.165) is 12.1 Å². The van der Waals surface area contributed by atoms with Crippen molar-refractivity contribution in [3.05, 3.63) is 89.2 Å². The zero-order valence-corrected chi connectivity index (χ0v) is 18.9. The van der Waals surface area contributed by atoms with Crippen molar-refractivity contribution < 1.29 is 0 Å². The lowest BCUT2D eigenvalue weighted by molar-refractivity contribution is 0.313. The van der Waals surface area contributed by atoms with Crippen molar-refractivity contribution in [2.24, 2.45) is 34.8 Å². The van der Waals surface area contributed by atoms with Crippen LogP contribution in [0.3, 0.4) is 0 Å². The van der Waals surface area contributed by atoms with E-state index < -0.39 is 0 Å². The Morgan fingerprint density at radius 1 is 0.966 bits per heavy atom. The van der Waals surface area contributed by atoms with E-state index in [1.807, 2.05) is 0 Å². The summed E-state index contributed by atoms with van der Waals surface area (Å²) in [7, 11) is 0. The molecule has 1 aromatic carbocycles. The van der Waals surface area contributed by atoms with Crippen LogP contribution in [0.4, 0.5) is 0 Å². The Morgan fingerprint density at radius 3 is 2.14 bits per heavy atom. The third kappa shape index (κ3) is 4.50. The molecule has 0 fully saturated rings. The Kier molecular flexibility index (Phi) is 6.36. The number of nitrogens with two attached hydrogens (primary N) is 1. The van der Waals surface area contributed by atoms with Gasteiger partial charge in [-0.05, 0) is 46.0 Å². The van der Waals surface area contributed by atoms with E-state index in [-0.39, 0.29) is 11.3 Å². The molecular weight excluding hydrogens is 350 g/mol. The van der Waals surface area contributed by atoms with Crippen molar-refractivity contribution in [3.63, 3.8) is 0 Å². The first kappa shape index (κ1) is 21.4. The molecule has 1 unspecified atom stereocenters. The molecule has 0 spiro atoms. The molecule has 3 rings (SSSR count). The zero-order valence-electron chi connectivity index (χ0n) is 18.9. The molecular formula is C28H37N. The van der Waals surface area contributed by atoms with E-state index in [0.29, 0.717) is 17.8 Å². The van der Waals surface area contributed by atoms with E-state index in [2.05, 4.69) is 108 Å². The number of benzene rings is 1. The highest BCUT2D eigenvalue weighted by Crippen LogP contribution is 2.45. The van der Waals surface area contributed by atoms with Gasteiger partial charge in [0.2, 0.25) is 0 Å². The van der Waals surface area contributed by atoms with Gasteiger partial charge in [-0.1, -0.05) is 108 Å². The summed E-state index contributed by atoms with van der Waals surface area (Å²) in [5.74, 6) is 1.63. The highest BCUT2D eigenvalue weighted by molar-refractivity contribution is 5.74. The molecule has 0 radical (unpaired) electrons. The highest BCUT2D eigenvalue weighted by atomic mass is 14.6. The van der Waals surface area contributed by atoms with Crippen LogP contribution in [0.25, 0.3) is 5.57 Å². The maximum atomic E-state index is 6.79. The van der Waals surface area contributed by atoms with Crippen molar-refractivity contribution in [1.29, 1.82) is 0 Å². The molecule has 0 aliphatic heterocycles. The molecule has 0 saturated heterocycles. The molecule has 154 valence electrons. The molecule has 2 N–H and O–H groups in total. The van der Waals surface area contributed by atoms with Gasteiger partial charge in [-0.25, -0.2) is 0 Å². The van der Waals surface area contributed by atoms with Crippen LogP contribution >= 0.6 is 0 Å². The second-order valence-corrected chi connectivity index (χ2v) is 9.88. The monoisotopic (exact) mass is 387 g/mol. The molecule has 2 aliphatic carbocycles. The molecule has 1 aromatic rings. The fourth-order valence-corrected chi connectivity index (χ4v) is 4.80. The SMILES string of the molecule is CC(C)C1=C(N)C(C(C)C)C(=C(CC(C)(C)C2C=CC=C2)c2ccccc2)C=C1. The van der Waals surface area contributed by atoms with Gasteiger partial charge in [0, 0.05) is 17.5 Å². The summed E-state index contributed by atoms with van der Waals surface area (Å²) in [6.07, 6.45) is 14.6. The van der Waals surface area contributed by atoms with Crippen LogP contribution in [0, 0.1) is 29.1 Å². The Bertz CT molecular complexity index is 860. The summed E-state index contributed by atoms with van der Waals surface area (Å²) in [4.78, 5) is 0. The number of hydrogen-bond acceptors (Lipinski definition) is 1. The third-order valence-corrected chi connectivity index (χ3v) is 6.49. The number of hydrogen-bond donors (Lipinski definition) is 1. The molecule has 29 heavy (non-hydrogen) atoms. The fraction of sp³-hybridized carbons (Fsp3) is 0.429. The van der Waals surface area contributed by atoms with Crippen molar-refractivity contribution in [3.8, 4) is 0 Å². The average molecular weight is 388 g/mol. The highest BCUT2D eigenvalue weighted by Gasteiger charge is 2.33. The quantitative estimate of drug-likeness (QED) is 0.544. The Labute approximate surface area is 177 Å². The van der Waals surface area contributed by atoms with Crippen molar-refractivity contribution >= 4 is 5.57 Å². The minimum atomic E-state index is 0.133. The first-order chi connectivity index (χ1) is 13.7. The first-order valence-electron chi connectivity index (χ1n) is 11.0. The van der Waals surface area contributed by atoms with E-state index in [4.69, 9.17) is 5.73 Å². The van der Waals surface area contributed by atoms with Gasteiger partial charge in [0.05, 0.1) is 0 Å². The van der Waals surface area contributed by atoms with Crippen LogP contribution in [-0.2, 0) is 0 Å². The molecule has 1 nitrogen and oxygen atoms in total. The van der Waals surface area contributed by atoms with Gasteiger partial charge in [-0.15, -0.1) is 0 Å². The molecule has 0 bridgehead atoms. The van der Waals surface area contributed by atoms with Gasteiger partial charge in [0.15, 0.2) is 0 Å². The summed E-state index contributed by atoms with van der Waals surface area (Å²) in [6, 6.07) is 10.9. The lowest BCUT2D eigenvalue weighted by atomic mass is 9.69. The summed E-state index contributed by atoms with van der Waals surface area (Å²) in [5.41, 5.74) is 13.4. The van der Waals surface area contributed by atoms with E-state index in [1.54, 1.807) is 0 Å². The Morgan fingerprint density at radius 2 is 1.59 bits per heavy atom. The van der Waals surface area contributed by atoms with Gasteiger partial charge in [-0.2, -0.15) is 0 Å². The lowest BCUT2D eigenvalue weighted by Crippen LogP contribution is -2.27. The lowest BCUT2D eigenvalue weighted by Gasteiger charge is -2.36. The first-order valence-corrected chi connectivity index (χ1v) is 11.0. The number of rotatable bonds is 6. The second-order valence-electron chi connectivity index (χ2n) is 9.88. The Balaban J connectivity index is 2.14. The van der Waals surface area contributed by atoms with E-state index >= 15 is 0 Å². The normalized spacial score (nSPS) is 21.7. The number of allylic oxidation sites excluding steroid dienone is 9.